The first-order chi connectivity index (χ1) is 22.2. The van der Waals surface area contributed by atoms with E-state index in [1.807, 2.05) is 0 Å². The van der Waals surface area contributed by atoms with Crippen molar-refractivity contribution in [2.75, 3.05) is 18.5 Å². The number of carbonyl (C=O) groups is 2. The van der Waals surface area contributed by atoms with E-state index in [4.69, 9.17) is 15.2 Å². The molecule has 3 aromatic carbocycles. The highest BCUT2D eigenvalue weighted by molar-refractivity contribution is 5.96. The molecule has 5 atom stereocenters. The van der Waals surface area contributed by atoms with Crippen LogP contribution in [0.4, 0.5) is 36.8 Å². The van der Waals surface area contributed by atoms with Crippen LogP contribution >= 0.6 is 0 Å². The van der Waals surface area contributed by atoms with Crippen molar-refractivity contribution in [3.05, 3.63) is 101 Å². The summed E-state index contributed by atoms with van der Waals surface area (Å²) in [6.45, 7) is 2.57. The van der Waals surface area contributed by atoms with Crippen LogP contribution < -0.4 is 21.7 Å². The zero-order chi connectivity index (χ0) is 34.3. The Labute approximate surface area is 268 Å². The summed E-state index contributed by atoms with van der Waals surface area (Å²) in [6, 6.07) is 11.3. The van der Waals surface area contributed by atoms with Crippen molar-refractivity contribution < 1.29 is 45.4 Å². The predicted molar refractivity (Wildman–Crippen MR) is 162 cm³/mol. The van der Waals surface area contributed by atoms with Gasteiger partial charge in [0.2, 0.25) is 5.91 Å². The fourth-order valence-corrected chi connectivity index (χ4v) is 5.28. The molecule has 0 saturated carbocycles. The van der Waals surface area contributed by atoms with Crippen LogP contribution in [0.15, 0.2) is 66.7 Å². The van der Waals surface area contributed by atoms with Gasteiger partial charge in [0.1, 0.15) is 30.1 Å². The number of morpholine rings is 1. The van der Waals surface area contributed by atoms with Gasteiger partial charge in [-0.3, -0.25) is 4.79 Å². The molecule has 0 radical (unpaired) electrons. The number of hydrogen-bond acceptors (Lipinski definition) is 6. The van der Waals surface area contributed by atoms with E-state index in [1.165, 1.54) is 66.7 Å². The van der Waals surface area contributed by atoms with Crippen molar-refractivity contribution in [2.24, 2.45) is 5.73 Å². The maximum Gasteiger partial charge on any atom is 0.408 e. The van der Waals surface area contributed by atoms with Crippen molar-refractivity contribution in [3.63, 3.8) is 0 Å². The normalized spacial score (nSPS) is 19.6. The number of halogens is 6. The van der Waals surface area contributed by atoms with Crippen molar-refractivity contribution in [1.29, 1.82) is 0 Å². The maximum absolute atomic E-state index is 15.1. The van der Waals surface area contributed by atoms with Gasteiger partial charge >= 0.3 is 12.3 Å². The van der Waals surface area contributed by atoms with Crippen LogP contribution in [0.3, 0.4) is 0 Å². The van der Waals surface area contributed by atoms with E-state index in [1.54, 1.807) is 12.2 Å². The summed E-state index contributed by atoms with van der Waals surface area (Å²) in [5, 5.41) is 7.58. The number of hydrogen-bond donors (Lipinski definition) is 4. The number of anilines is 1. The van der Waals surface area contributed by atoms with Gasteiger partial charge in [-0.15, -0.1) is 0 Å². The van der Waals surface area contributed by atoms with E-state index >= 15 is 4.39 Å². The number of nitrogens with one attached hydrogen (secondary N) is 3. The summed E-state index contributed by atoms with van der Waals surface area (Å²) < 4.78 is 91.3. The lowest BCUT2D eigenvalue weighted by atomic mass is 9.85. The summed E-state index contributed by atoms with van der Waals surface area (Å²) in [5.74, 6) is -2.94. The molecule has 2 amide bonds. The number of carbonyl (C=O) groups excluding carboxylic acids is 2. The van der Waals surface area contributed by atoms with Gasteiger partial charge in [0.15, 0.2) is 0 Å². The van der Waals surface area contributed by atoms with Crippen molar-refractivity contribution in [3.8, 4) is 0 Å². The van der Waals surface area contributed by atoms with Crippen LogP contribution in [0.5, 0.6) is 0 Å². The monoisotopic (exact) mass is 666 g/mol. The Bertz CT molecular complexity index is 1460. The Morgan fingerprint density at radius 3 is 2.15 bits per heavy atom. The molecule has 0 aromatic heterocycles. The first-order valence-corrected chi connectivity index (χ1v) is 15.0. The summed E-state index contributed by atoms with van der Waals surface area (Å²) in [6.07, 6.45) is -6.20. The second-order valence-corrected chi connectivity index (χ2v) is 11.4. The molecule has 4 rings (SSSR count). The molecule has 47 heavy (non-hydrogen) atoms. The zero-order valence-corrected chi connectivity index (χ0v) is 25.6. The van der Waals surface area contributed by atoms with Crippen LogP contribution in [-0.2, 0) is 20.7 Å². The molecule has 1 aliphatic rings. The molecule has 14 heteroatoms. The average molecular weight is 667 g/mol. The number of rotatable bonds is 11. The van der Waals surface area contributed by atoms with Crippen LogP contribution in [-0.4, -0.2) is 61.7 Å². The van der Waals surface area contributed by atoms with E-state index in [0.717, 1.165) is 6.92 Å². The Balaban J connectivity index is 1.37. The number of benzene rings is 3. The zero-order valence-electron chi connectivity index (χ0n) is 25.6. The highest BCUT2D eigenvalue weighted by atomic mass is 19.4. The minimum Gasteiger partial charge on any atom is -0.448 e. The molecule has 0 spiro atoms. The van der Waals surface area contributed by atoms with E-state index < -0.39 is 71.9 Å². The van der Waals surface area contributed by atoms with Gasteiger partial charge in [-0.25, -0.2) is 18.0 Å². The quantitative estimate of drug-likeness (QED) is 0.200. The van der Waals surface area contributed by atoms with Gasteiger partial charge in [-0.05, 0) is 74.2 Å². The molecule has 8 nitrogen and oxygen atoms in total. The molecule has 1 aliphatic heterocycles. The lowest BCUT2D eigenvalue weighted by Crippen LogP contribution is -2.54. The van der Waals surface area contributed by atoms with Crippen molar-refractivity contribution >= 4 is 17.7 Å². The SMILES string of the molecule is CC1OC(CCc2c(F)cccc2NC(=O)C(N)C(c2ccc(F)cc2)c2ccc(F)cc2)CNC1COC(=O)NC(C)C(F)(F)F. The highest BCUT2D eigenvalue weighted by Crippen LogP contribution is 2.30. The number of alkyl halides is 3. The minimum atomic E-state index is -4.60. The van der Waals surface area contributed by atoms with Gasteiger partial charge in [0.05, 0.1) is 24.3 Å². The topological polar surface area (TPSA) is 115 Å². The fraction of sp³-hybridized carbons (Fsp3) is 0.394. The Morgan fingerprint density at radius 2 is 1.60 bits per heavy atom. The number of alkyl carbamates (subject to hydrolysis) is 1. The van der Waals surface area contributed by atoms with Crippen molar-refractivity contribution in [1.82, 2.24) is 10.6 Å². The summed E-state index contributed by atoms with van der Waals surface area (Å²) in [4.78, 5) is 25.2. The van der Waals surface area contributed by atoms with Crippen LogP contribution in [0.25, 0.3) is 0 Å². The molecule has 1 fully saturated rings. The van der Waals surface area contributed by atoms with Gasteiger partial charge in [-0.1, -0.05) is 30.3 Å². The summed E-state index contributed by atoms with van der Waals surface area (Å²) >= 11 is 0. The fourth-order valence-electron chi connectivity index (χ4n) is 5.28. The largest absolute Gasteiger partial charge is 0.448 e. The number of amides is 2. The lowest BCUT2D eigenvalue weighted by molar-refractivity contribution is -0.150. The predicted octanol–water partition coefficient (Wildman–Crippen LogP) is 5.56. The molecule has 254 valence electrons. The molecule has 5 unspecified atom stereocenters. The van der Waals surface area contributed by atoms with E-state index in [2.05, 4.69) is 10.6 Å². The van der Waals surface area contributed by atoms with Crippen LogP contribution in [0.1, 0.15) is 42.9 Å². The molecule has 1 heterocycles. The minimum absolute atomic E-state index is 0.162. The van der Waals surface area contributed by atoms with Crippen LogP contribution in [0.2, 0.25) is 0 Å². The third-order valence-corrected chi connectivity index (χ3v) is 8.01. The van der Waals surface area contributed by atoms with E-state index in [9.17, 15) is 31.5 Å². The molecule has 0 bridgehead atoms. The maximum atomic E-state index is 15.1. The molecule has 3 aromatic rings. The van der Waals surface area contributed by atoms with Crippen molar-refractivity contribution in [2.45, 2.75) is 69.1 Å². The average Bonchev–Trinajstić information content (AvgIpc) is 3.01. The van der Waals surface area contributed by atoms with Crippen LogP contribution in [0, 0.1) is 17.5 Å². The molecular formula is C33H36F6N4O4. The van der Waals surface area contributed by atoms with Gasteiger partial charge in [0.25, 0.3) is 0 Å². The van der Waals surface area contributed by atoms with E-state index in [0.29, 0.717) is 17.5 Å². The third-order valence-electron chi connectivity index (χ3n) is 8.01. The van der Waals surface area contributed by atoms with E-state index in [-0.39, 0.29) is 30.8 Å². The summed E-state index contributed by atoms with van der Waals surface area (Å²) in [5.41, 5.74) is 7.90. The number of nitrogens with two attached hydrogens (primary N) is 1. The Morgan fingerprint density at radius 1 is 1.00 bits per heavy atom. The third kappa shape index (κ3) is 9.69. The molecule has 0 aliphatic carbocycles. The first kappa shape index (κ1) is 35.7. The number of ether oxygens (including phenoxy) is 2. The second kappa shape index (κ2) is 15.6. The molecule has 1 saturated heterocycles. The smallest absolute Gasteiger partial charge is 0.408 e. The highest BCUT2D eigenvalue weighted by Gasteiger charge is 2.38. The Hall–Kier alpha value is -4.14. The van der Waals surface area contributed by atoms with Gasteiger partial charge in [-0.2, -0.15) is 13.2 Å². The first-order valence-electron chi connectivity index (χ1n) is 15.0. The Kier molecular flexibility index (Phi) is 11.9. The lowest BCUT2D eigenvalue weighted by Gasteiger charge is -2.35. The summed E-state index contributed by atoms with van der Waals surface area (Å²) in [7, 11) is 0. The molecule has 5 N–H and O–H groups in total. The standard InChI is InChI=1S/C33H36F6N4O4/c1-18-28(17-46-32(45)42-19(2)33(37,38)39)41-16-24(47-18)14-15-25-26(36)4-3-5-27(25)43-31(44)30(40)29(20-6-10-22(34)11-7-20)21-8-12-23(35)13-9-21/h3-13,18-19,24,28-30,41H,14-17,40H2,1-2H3,(H,42,45)(H,43,44). The second-order valence-electron chi connectivity index (χ2n) is 11.4. The molecular weight excluding hydrogens is 630 g/mol. The van der Waals surface area contributed by atoms with Gasteiger partial charge < -0.3 is 31.2 Å². The van der Waals surface area contributed by atoms with Gasteiger partial charge in [0, 0.05) is 23.7 Å².